The third-order valence-electron chi connectivity index (χ3n) is 2.59. The minimum absolute atomic E-state index is 0.426. The Balaban J connectivity index is 2.40. The first-order valence-corrected chi connectivity index (χ1v) is 4.85. The Morgan fingerprint density at radius 1 is 1.06 bits per heavy atom. The first kappa shape index (κ1) is 10.1. The molecule has 0 amide bonds. The molecular formula is C11H6F3N3. The number of alkyl halides is 3. The first-order chi connectivity index (χ1) is 8.05. The number of imidazole rings is 1. The number of aromatic amines is 1. The molecule has 3 rings (SSSR count). The number of halogens is 3. The molecule has 17 heavy (non-hydrogen) atoms. The number of hydrogen-bond donors (Lipinski definition) is 1. The van der Waals surface area contributed by atoms with Crippen molar-refractivity contribution in [3.05, 3.63) is 36.3 Å². The fourth-order valence-electron chi connectivity index (χ4n) is 1.77. The summed E-state index contributed by atoms with van der Waals surface area (Å²) in [5.74, 6) is 0. The highest BCUT2D eigenvalue weighted by Gasteiger charge is 2.30. The molecule has 2 heterocycles. The van der Waals surface area contributed by atoms with Gasteiger partial charge < -0.3 is 4.98 Å². The van der Waals surface area contributed by atoms with E-state index in [1.165, 1.54) is 18.6 Å². The summed E-state index contributed by atoms with van der Waals surface area (Å²) in [4.78, 5) is 10.8. The minimum Gasteiger partial charge on any atom is -0.344 e. The predicted molar refractivity (Wildman–Crippen MR) is 56.4 cm³/mol. The van der Waals surface area contributed by atoms with E-state index < -0.39 is 11.7 Å². The molecule has 0 saturated heterocycles. The van der Waals surface area contributed by atoms with E-state index in [1.54, 1.807) is 0 Å². The topological polar surface area (TPSA) is 41.6 Å². The highest BCUT2D eigenvalue weighted by Crippen LogP contribution is 2.32. The third kappa shape index (κ3) is 1.52. The van der Waals surface area contributed by atoms with Crippen LogP contribution in [0.3, 0.4) is 0 Å². The smallest absolute Gasteiger partial charge is 0.344 e. The van der Waals surface area contributed by atoms with Crippen LogP contribution in [0.4, 0.5) is 13.2 Å². The van der Waals surface area contributed by atoms with Gasteiger partial charge in [-0.05, 0) is 18.2 Å². The summed E-state index contributed by atoms with van der Waals surface area (Å²) in [6.07, 6.45) is -1.39. The Morgan fingerprint density at radius 2 is 1.88 bits per heavy atom. The number of benzene rings is 1. The predicted octanol–water partition coefficient (Wildman–Crippen LogP) is 3.13. The highest BCUT2D eigenvalue weighted by atomic mass is 19.4. The van der Waals surface area contributed by atoms with Crippen molar-refractivity contribution in [1.29, 1.82) is 0 Å². The molecule has 3 aromatic rings. The zero-order chi connectivity index (χ0) is 12.0. The SMILES string of the molecule is FC(F)(F)c1ccc2ncc3nc[nH]c3c2c1. The lowest BCUT2D eigenvalue weighted by molar-refractivity contribution is -0.137. The molecule has 6 heteroatoms. The summed E-state index contributed by atoms with van der Waals surface area (Å²) in [5, 5.41) is 0.426. The second-order valence-corrected chi connectivity index (χ2v) is 3.65. The first-order valence-electron chi connectivity index (χ1n) is 4.85. The molecule has 2 aromatic heterocycles. The second-order valence-electron chi connectivity index (χ2n) is 3.65. The zero-order valence-corrected chi connectivity index (χ0v) is 8.42. The van der Waals surface area contributed by atoms with Crippen molar-refractivity contribution >= 4 is 21.9 Å². The largest absolute Gasteiger partial charge is 0.416 e. The van der Waals surface area contributed by atoms with Gasteiger partial charge in [-0.15, -0.1) is 0 Å². The maximum atomic E-state index is 12.6. The lowest BCUT2D eigenvalue weighted by Crippen LogP contribution is -2.04. The molecule has 0 unspecified atom stereocenters. The van der Waals surface area contributed by atoms with Gasteiger partial charge >= 0.3 is 6.18 Å². The van der Waals surface area contributed by atoms with Crippen LogP contribution in [0.25, 0.3) is 21.9 Å². The van der Waals surface area contributed by atoms with Crippen molar-refractivity contribution in [3.63, 3.8) is 0 Å². The summed E-state index contributed by atoms with van der Waals surface area (Å²) in [6, 6.07) is 3.47. The van der Waals surface area contributed by atoms with Gasteiger partial charge in [-0.1, -0.05) is 0 Å². The number of hydrogen-bond acceptors (Lipinski definition) is 2. The molecular weight excluding hydrogens is 231 g/mol. The van der Waals surface area contributed by atoms with E-state index in [4.69, 9.17) is 0 Å². The fraction of sp³-hybridized carbons (Fsp3) is 0.0909. The van der Waals surface area contributed by atoms with Crippen LogP contribution in [0.2, 0.25) is 0 Å². The second kappa shape index (κ2) is 3.19. The molecule has 0 aliphatic heterocycles. The molecule has 0 atom stereocenters. The Bertz CT molecular complexity index is 700. The molecule has 0 fully saturated rings. The number of rotatable bonds is 0. The Morgan fingerprint density at radius 3 is 2.65 bits per heavy atom. The summed E-state index contributed by atoms with van der Waals surface area (Å²) < 4.78 is 37.8. The van der Waals surface area contributed by atoms with Crippen LogP contribution >= 0.6 is 0 Å². The van der Waals surface area contributed by atoms with Gasteiger partial charge in [-0.3, -0.25) is 4.98 Å². The van der Waals surface area contributed by atoms with Crippen LogP contribution in [-0.4, -0.2) is 15.0 Å². The van der Waals surface area contributed by atoms with Gasteiger partial charge in [0.2, 0.25) is 0 Å². The fourth-order valence-corrected chi connectivity index (χ4v) is 1.77. The highest BCUT2D eigenvalue weighted by molar-refractivity contribution is 6.01. The van der Waals surface area contributed by atoms with E-state index in [-0.39, 0.29) is 0 Å². The summed E-state index contributed by atoms with van der Waals surface area (Å²) in [7, 11) is 0. The Hall–Kier alpha value is -2.11. The van der Waals surface area contributed by atoms with Crippen molar-refractivity contribution < 1.29 is 13.2 Å². The van der Waals surface area contributed by atoms with E-state index in [9.17, 15) is 13.2 Å². The van der Waals surface area contributed by atoms with Crippen molar-refractivity contribution in [2.75, 3.05) is 0 Å². The number of fused-ring (bicyclic) bond motifs is 3. The maximum Gasteiger partial charge on any atom is 0.416 e. The number of H-pyrrole nitrogens is 1. The molecule has 0 spiro atoms. The van der Waals surface area contributed by atoms with E-state index in [0.717, 1.165) is 12.1 Å². The van der Waals surface area contributed by atoms with Crippen molar-refractivity contribution in [1.82, 2.24) is 15.0 Å². The van der Waals surface area contributed by atoms with Crippen LogP contribution in [0.1, 0.15) is 5.56 Å². The maximum absolute atomic E-state index is 12.6. The summed E-state index contributed by atoms with van der Waals surface area (Å²) in [5.41, 5.74) is 0.946. The Labute approximate surface area is 93.3 Å². The average molecular weight is 237 g/mol. The van der Waals surface area contributed by atoms with Crippen LogP contribution in [0.15, 0.2) is 30.7 Å². The Kier molecular flexibility index (Phi) is 1.89. The van der Waals surface area contributed by atoms with Gasteiger partial charge in [0, 0.05) is 5.39 Å². The normalized spacial score (nSPS) is 12.4. The van der Waals surface area contributed by atoms with Crippen molar-refractivity contribution in [3.8, 4) is 0 Å². The van der Waals surface area contributed by atoms with E-state index in [2.05, 4.69) is 15.0 Å². The summed E-state index contributed by atoms with van der Waals surface area (Å²) in [6.45, 7) is 0. The lowest BCUT2D eigenvalue weighted by atomic mass is 10.1. The van der Waals surface area contributed by atoms with E-state index in [1.807, 2.05) is 0 Å². The molecule has 0 aliphatic carbocycles. The van der Waals surface area contributed by atoms with E-state index >= 15 is 0 Å². The van der Waals surface area contributed by atoms with Crippen LogP contribution in [0, 0.1) is 0 Å². The van der Waals surface area contributed by atoms with Gasteiger partial charge in [0.25, 0.3) is 0 Å². The number of aromatic nitrogens is 3. The monoisotopic (exact) mass is 237 g/mol. The van der Waals surface area contributed by atoms with Gasteiger partial charge in [-0.25, -0.2) is 4.98 Å². The molecule has 0 saturated carbocycles. The van der Waals surface area contributed by atoms with Gasteiger partial charge in [0.15, 0.2) is 0 Å². The molecule has 86 valence electrons. The van der Waals surface area contributed by atoms with Gasteiger partial charge in [0.05, 0.1) is 29.1 Å². The molecule has 0 bridgehead atoms. The quantitative estimate of drug-likeness (QED) is 0.652. The van der Waals surface area contributed by atoms with E-state index in [0.29, 0.717) is 21.9 Å². The minimum atomic E-state index is -4.35. The van der Waals surface area contributed by atoms with Crippen LogP contribution < -0.4 is 0 Å². The number of nitrogens with zero attached hydrogens (tertiary/aromatic N) is 2. The molecule has 1 N–H and O–H groups in total. The third-order valence-corrected chi connectivity index (χ3v) is 2.59. The number of nitrogens with one attached hydrogen (secondary N) is 1. The number of pyridine rings is 1. The molecule has 0 aliphatic rings. The average Bonchev–Trinajstić information content (AvgIpc) is 2.75. The van der Waals surface area contributed by atoms with Crippen molar-refractivity contribution in [2.45, 2.75) is 6.18 Å². The molecule has 3 nitrogen and oxygen atoms in total. The molecule has 1 aromatic carbocycles. The van der Waals surface area contributed by atoms with Crippen molar-refractivity contribution in [2.24, 2.45) is 0 Å². The van der Waals surface area contributed by atoms with Crippen LogP contribution in [0.5, 0.6) is 0 Å². The zero-order valence-electron chi connectivity index (χ0n) is 8.42. The standard InChI is InChI=1S/C11H6F3N3/c12-11(13,14)6-1-2-8-7(3-6)10-9(4-15-8)16-5-17-10/h1-5H,(H,16,17). The van der Waals surface area contributed by atoms with Crippen LogP contribution in [-0.2, 0) is 6.18 Å². The van der Waals surface area contributed by atoms with Gasteiger partial charge in [-0.2, -0.15) is 13.2 Å². The molecule has 0 radical (unpaired) electrons. The lowest BCUT2D eigenvalue weighted by Gasteiger charge is -2.07. The van der Waals surface area contributed by atoms with Gasteiger partial charge in [0.1, 0.15) is 5.52 Å². The summed E-state index contributed by atoms with van der Waals surface area (Å²) >= 11 is 0.